The lowest BCUT2D eigenvalue weighted by Crippen LogP contribution is -2.28. The van der Waals surface area contributed by atoms with Gasteiger partial charge in [0.25, 0.3) is 0 Å². The van der Waals surface area contributed by atoms with Crippen LogP contribution in [-0.4, -0.2) is 11.9 Å². The van der Waals surface area contributed by atoms with Gasteiger partial charge in [-0.05, 0) is 18.1 Å². The molecular weight excluding hydrogens is 207 g/mol. The molecule has 0 saturated heterocycles. The first-order valence-corrected chi connectivity index (χ1v) is 5.43. The van der Waals surface area contributed by atoms with E-state index in [-0.39, 0.29) is 23.7 Å². The Kier molecular flexibility index (Phi) is 2.81. The van der Waals surface area contributed by atoms with E-state index in [0.29, 0.717) is 17.8 Å². The maximum absolute atomic E-state index is 13.6. The van der Waals surface area contributed by atoms with Crippen LogP contribution in [0.4, 0.5) is 15.8 Å². The number of benzene rings is 1. The van der Waals surface area contributed by atoms with E-state index in [0.717, 1.165) is 0 Å². The lowest BCUT2D eigenvalue weighted by molar-refractivity contribution is -0.116. The summed E-state index contributed by atoms with van der Waals surface area (Å²) in [6, 6.07) is 4.65. The van der Waals surface area contributed by atoms with Crippen molar-refractivity contribution in [3.05, 3.63) is 24.0 Å². The van der Waals surface area contributed by atoms with Gasteiger partial charge in [-0.3, -0.25) is 4.79 Å². The largest absolute Gasteiger partial charge is 0.377 e. The molecule has 1 atom stereocenters. The fraction of sp³-hybridized carbons (Fsp3) is 0.417. The fourth-order valence-corrected chi connectivity index (χ4v) is 1.81. The van der Waals surface area contributed by atoms with Crippen LogP contribution in [0.1, 0.15) is 20.3 Å². The molecule has 1 aliphatic heterocycles. The molecule has 1 amide bonds. The minimum Gasteiger partial charge on any atom is -0.377 e. The molecule has 4 heteroatoms. The summed E-state index contributed by atoms with van der Waals surface area (Å²) >= 11 is 0. The van der Waals surface area contributed by atoms with E-state index in [1.54, 1.807) is 12.1 Å². The molecule has 1 aromatic rings. The third-order valence-corrected chi connectivity index (χ3v) is 2.83. The summed E-state index contributed by atoms with van der Waals surface area (Å²) in [4.78, 5) is 11.6. The van der Waals surface area contributed by atoms with Crippen LogP contribution in [0, 0.1) is 11.7 Å². The number of amides is 1. The zero-order chi connectivity index (χ0) is 11.7. The van der Waals surface area contributed by atoms with Gasteiger partial charge in [0, 0.05) is 12.5 Å². The van der Waals surface area contributed by atoms with Gasteiger partial charge in [-0.1, -0.05) is 19.9 Å². The van der Waals surface area contributed by atoms with Crippen LogP contribution >= 0.6 is 0 Å². The normalized spacial score (nSPS) is 19.8. The van der Waals surface area contributed by atoms with Gasteiger partial charge in [0.1, 0.15) is 5.82 Å². The number of hydrogen-bond donors (Lipinski definition) is 2. The highest BCUT2D eigenvalue weighted by molar-refractivity contribution is 5.96. The summed E-state index contributed by atoms with van der Waals surface area (Å²) in [5.74, 6) is -0.128. The van der Waals surface area contributed by atoms with Crippen molar-refractivity contribution in [1.82, 2.24) is 0 Å². The van der Waals surface area contributed by atoms with Gasteiger partial charge in [0.05, 0.1) is 11.4 Å². The Balaban J connectivity index is 2.40. The number of anilines is 2. The van der Waals surface area contributed by atoms with E-state index in [1.165, 1.54) is 6.07 Å². The molecule has 0 aliphatic carbocycles. The van der Waals surface area contributed by atoms with E-state index in [9.17, 15) is 9.18 Å². The highest BCUT2D eigenvalue weighted by Gasteiger charge is 2.24. The van der Waals surface area contributed by atoms with Crippen molar-refractivity contribution in [2.45, 2.75) is 26.3 Å². The van der Waals surface area contributed by atoms with Gasteiger partial charge < -0.3 is 10.6 Å². The molecule has 16 heavy (non-hydrogen) atoms. The maximum atomic E-state index is 13.6. The molecule has 1 unspecified atom stereocenters. The second kappa shape index (κ2) is 4.12. The van der Waals surface area contributed by atoms with E-state index in [4.69, 9.17) is 0 Å². The Bertz CT molecular complexity index is 417. The molecule has 1 aromatic carbocycles. The number of fused-ring (bicyclic) bond motifs is 1. The zero-order valence-electron chi connectivity index (χ0n) is 9.38. The minimum absolute atomic E-state index is 0.0295. The van der Waals surface area contributed by atoms with Crippen LogP contribution < -0.4 is 10.6 Å². The highest BCUT2D eigenvalue weighted by Crippen LogP contribution is 2.30. The molecule has 1 aliphatic rings. The number of carbonyl (C=O) groups is 1. The van der Waals surface area contributed by atoms with Crippen LogP contribution in [-0.2, 0) is 4.79 Å². The molecule has 2 rings (SSSR count). The van der Waals surface area contributed by atoms with Crippen molar-refractivity contribution in [2.24, 2.45) is 5.92 Å². The van der Waals surface area contributed by atoms with E-state index < -0.39 is 0 Å². The molecule has 1 heterocycles. The lowest BCUT2D eigenvalue weighted by atomic mass is 10.0. The number of carbonyl (C=O) groups excluding carboxylic acids is 1. The highest BCUT2D eigenvalue weighted by atomic mass is 19.1. The Morgan fingerprint density at radius 2 is 2.19 bits per heavy atom. The first-order chi connectivity index (χ1) is 7.58. The SMILES string of the molecule is CC(C)C1CC(=O)Nc2cccc(F)c2N1. The second-order valence-electron chi connectivity index (χ2n) is 4.41. The number of nitrogens with one attached hydrogen (secondary N) is 2. The minimum atomic E-state index is -0.328. The van der Waals surface area contributed by atoms with Crippen LogP contribution in [0.25, 0.3) is 0 Å². The Morgan fingerprint density at radius 1 is 1.44 bits per heavy atom. The summed E-state index contributed by atoms with van der Waals surface area (Å²) in [6.07, 6.45) is 0.367. The van der Waals surface area contributed by atoms with Gasteiger partial charge in [-0.25, -0.2) is 4.39 Å². The van der Waals surface area contributed by atoms with Crippen LogP contribution in [0.2, 0.25) is 0 Å². The lowest BCUT2D eigenvalue weighted by Gasteiger charge is -2.20. The van der Waals surface area contributed by atoms with Crippen LogP contribution in [0.5, 0.6) is 0 Å². The molecule has 3 nitrogen and oxygen atoms in total. The second-order valence-corrected chi connectivity index (χ2v) is 4.41. The van der Waals surface area contributed by atoms with Crippen LogP contribution in [0.15, 0.2) is 18.2 Å². The summed E-state index contributed by atoms with van der Waals surface area (Å²) in [6.45, 7) is 4.02. The van der Waals surface area contributed by atoms with Gasteiger partial charge in [-0.2, -0.15) is 0 Å². The number of rotatable bonds is 1. The first kappa shape index (κ1) is 10.9. The average molecular weight is 222 g/mol. The molecule has 0 radical (unpaired) electrons. The van der Waals surface area contributed by atoms with Gasteiger partial charge >= 0.3 is 0 Å². The quantitative estimate of drug-likeness (QED) is 0.766. The van der Waals surface area contributed by atoms with Gasteiger partial charge in [-0.15, -0.1) is 0 Å². The Morgan fingerprint density at radius 3 is 2.88 bits per heavy atom. The Labute approximate surface area is 94.0 Å². The topological polar surface area (TPSA) is 41.1 Å². The molecule has 0 aromatic heterocycles. The summed E-state index contributed by atoms with van der Waals surface area (Å²) in [5, 5.41) is 5.81. The Hall–Kier alpha value is -1.58. The number of halogens is 1. The average Bonchev–Trinajstić information content (AvgIpc) is 2.37. The number of para-hydroxylation sites is 1. The third kappa shape index (κ3) is 2.01. The number of hydrogen-bond acceptors (Lipinski definition) is 2. The van der Waals surface area contributed by atoms with E-state index in [2.05, 4.69) is 10.6 Å². The van der Waals surface area contributed by atoms with Crippen molar-refractivity contribution in [1.29, 1.82) is 0 Å². The molecule has 0 saturated carbocycles. The van der Waals surface area contributed by atoms with Gasteiger partial charge in [0.15, 0.2) is 0 Å². The summed E-state index contributed by atoms with van der Waals surface area (Å²) < 4.78 is 13.6. The van der Waals surface area contributed by atoms with Crippen molar-refractivity contribution in [2.75, 3.05) is 10.6 Å². The predicted molar refractivity (Wildman–Crippen MR) is 61.9 cm³/mol. The monoisotopic (exact) mass is 222 g/mol. The van der Waals surface area contributed by atoms with Crippen LogP contribution in [0.3, 0.4) is 0 Å². The molecule has 2 N–H and O–H groups in total. The van der Waals surface area contributed by atoms with E-state index >= 15 is 0 Å². The van der Waals surface area contributed by atoms with Crippen molar-refractivity contribution < 1.29 is 9.18 Å². The smallest absolute Gasteiger partial charge is 0.226 e. The zero-order valence-corrected chi connectivity index (χ0v) is 9.38. The van der Waals surface area contributed by atoms with Gasteiger partial charge in [0.2, 0.25) is 5.91 Å². The molecule has 0 fully saturated rings. The van der Waals surface area contributed by atoms with Crippen molar-refractivity contribution >= 4 is 17.3 Å². The molecule has 0 spiro atoms. The van der Waals surface area contributed by atoms with E-state index in [1.807, 2.05) is 13.8 Å². The third-order valence-electron chi connectivity index (χ3n) is 2.83. The first-order valence-electron chi connectivity index (χ1n) is 5.43. The van der Waals surface area contributed by atoms with Crippen molar-refractivity contribution in [3.8, 4) is 0 Å². The maximum Gasteiger partial charge on any atom is 0.226 e. The molecule has 0 bridgehead atoms. The fourth-order valence-electron chi connectivity index (χ4n) is 1.81. The van der Waals surface area contributed by atoms with Crippen molar-refractivity contribution in [3.63, 3.8) is 0 Å². The molecule has 86 valence electrons. The predicted octanol–water partition coefficient (Wildman–Crippen LogP) is 2.60. The summed E-state index contributed by atoms with van der Waals surface area (Å²) in [5.41, 5.74) is 0.917. The summed E-state index contributed by atoms with van der Waals surface area (Å²) in [7, 11) is 0. The molecular formula is C12H15FN2O. The standard InChI is InChI=1S/C12H15FN2O/c1-7(2)10-6-11(16)14-9-5-3-4-8(13)12(9)15-10/h3-5,7,10,15H,6H2,1-2H3,(H,14,16).